The highest BCUT2D eigenvalue weighted by molar-refractivity contribution is 5.95. The van der Waals surface area contributed by atoms with E-state index in [1.54, 1.807) is 54.6 Å². The zero-order valence-electron chi connectivity index (χ0n) is 18.6. The number of nitrogens with zero attached hydrogens (tertiary/aromatic N) is 1. The van der Waals surface area contributed by atoms with E-state index in [4.69, 9.17) is 19.3 Å². The van der Waals surface area contributed by atoms with Crippen LogP contribution >= 0.6 is 0 Å². The maximum Gasteiger partial charge on any atom is 0.335 e. The standard InChI is InChI=1S/C26H24N2O6/c1-3-13-33-23-12-11-21(15-24(23)32-2)25(29)28-27-16-19-5-4-6-22(14-19)34-17-18-7-9-20(10-8-18)26(30)31/h3-12,14-16H,1,13,17H2,2H3,(H,28,29)(H,30,31)/b27-16+. The van der Waals surface area contributed by atoms with Crippen molar-refractivity contribution in [1.29, 1.82) is 0 Å². The Balaban J connectivity index is 1.57. The SMILES string of the molecule is C=CCOc1ccc(C(=O)N/N=C/c2cccc(OCc3ccc(C(=O)O)cc3)c2)cc1OC. The van der Waals surface area contributed by atoms with Crippen LogP contribution in [-0.2, 0) is 6.61 Å². The summed E-state index contributed by atoms with van der Waals surface area (Å²) in [6, 6.07) is 18.5. The van der Waals surface area contributed by atoms with E-state index in [9.17, 15) is 9.59 Å². The molecule has 0 atom stereocenters. The Morgan fingerprint density at radius 1 is 1.00 bits per heavy atom. The first-order valence-corrected chi connectivity index (χ1v) is 10.3. The number of benzene rings is 3. The molecule has 174 valence electrons. The summed E-state index contributed by atoms with van der Waals surface area (Å²) in [7, 11) is 1.50. The number of aromatic carboxylic acids is 1. The number of hydrogen-bond donors (Lipinski definition) is 2. The smallest absolute Gasteiger partial charge is 0.335 e. The van der Waals surface area contributed by atoms with Crippen molar-refractivity contribution in [2.24, 2.45) is 5.10 Å². The van der Waals surface area contributed by atoms with Gasteiger partial charge in [-0.05, 0) is 53.6 Å². The van der Waals surface area contributed by atoms with Crippen molar-refractivity contribution in [2.75, 3.05) is 13.7 Å². The minimum absolute atomic E-state index is 0.222. The Hall–Kier alpha value is -4.59. The normalized spacial score (nSPS) is 10.5. The van der Waals surface area contributed by atoms with E-state index in [1.165, 1.54) is 25.5 Å². The number of rotatable bonds is 11. The summed E-state index contributed by atoms with van der Waals surface area (Å²) in [5.41, 5.74) is 4.64. The van der Waals surface area contributed by atoms with Crippen molar-refractivity contribution in [3.05, 3.63) is 102 Å². The first-order valence-electron chi connectivity index (χ1n) is 10.3. The van der Waals surface area contributed by atoms with Crippen LogP contribution in [0.15, 0.2) is 84.5 Å². The van der Waals surface area contributed by atoms with Crippen LogP contribution < -0.4 is 19.6 Å². The van der Waals surface area contributed by atoms with Gasteiger partial charge in [0.25, 0.3) is 5.91 Å². The summed E-state index contributed by atoms with van der Waals surface area (Å²) >= 11 is 0. The van der Waals surface area contributed by atoms with Gasteiger partial charge in [-0.25, -0.2) is 10.2 Å². The number of amides is 1. The van der Waals surface area contributed by atoms with Crippen LogP contribution in [-0.4, -0.2) is 36.9 Å². The predicted octanol–water partition coefficient (Wildman–Crippen LogP) is 4.30. The molecular weight excluding hydrogens is 436 g/mol. The number of carboxylic acids is 1. The van der Waals surface area contributed by atoms with E-state index < -0.39 is 11.9 Å². The third kappa shape index (κ3) is 6.70. The Morgan fingerprint density at radius 3 is 2.47 bits per heavy atom. The number of nitrogens with one attached hydrogen (secondary N) is 1. The number of carbonyl (C=O) groups excluding carboxylic acids is 1. The summed E-state index contributed by atoms with van der Waals surface area (Å²) in [6.45, 7) is 4.21. The molecule has 2 N–H and O–H groups in total. The van der Waals surface area contributed by atoms with Gasteiger partial charge >= 0.3 is 5.97 Å². The number of carbonyl (C=O) groups is 2. The quantitative estimate of drug-likeness (QED) is 0.251. The second-order valence-electron chi connectivity index (χ2n) is 7.03. The fourth-order valence-electron chi connectivity index (χ4n) is 2.90. The van der Waals surface area contributed by atoms with Gasteiger partial charge in [0, 0.05) is 5.56 Å². The Labute approximate surface area is 197 Å². The molecule has 3 aromatic rings. The third-order valence-electron chi connectivity index (χ3n) is 4.63. The minimum Gasteiger partial charge on any atom is -0.493 e. The van der Waals surface area contributed by atoms with Crippen molar-refractivity contribution in [2.45, 2.75) is 6.61 Å². The van der Waals surface area contributed by atoms with E-state index in [0.717, 1.165) is 11.1 Å². The molecule has 0 radical (unpaired) electrons. The molecule has 0 unspecified atom stereocenters. The fraction of sp³-hybridized carbons (Fsp3) is 0.115. The second-order valence-corrected chi connectivity index (χ2v) is 7.03. The van der Waals surface area contributed by atoms with Gasteiger partial charge in [0.05, 0.1) is 18.9 Å². The van der Waals surface area contributed by atoms with Crippen LogP contribution in [0.3, 0.4) is 0 Å². The highest BCUT2D eigenvalue weighted by Crippen LogP contribution is 2.28. The maximum atomic E-state index is 12.4. The lowest BCUT2D eigenvalue weighted by Crippen LogP contribution is -2.17. The van der Waals surface area contributed by atoms with Crippen LogP contribution in [0, 0.1) is 0 Å². The molecule has 34 heavy (non-hydrogen) atoms. The average molecular weight is 460 g/mol. The van der Waals surface area contributed by atoms with Gasteiger partial charge in [-0.2, -0.15) is 5.10 Å². The maximum absolute atomic E-state index is 12.4. The van der Waals surface area contributed by atoms with Gasteiger partial charge in [0.1, 0.15) is 19.0 Å². The molecule has 0 bridgehead atoms. The summed E-state index contributed by atoms with van der Waals surface area (Å²) < 4.78 is 16.5. The fourth-order valence-corrected chi connectivity index (χ4v) is 2.90. The Morgan fingerprint density at radius 2 is 1.76 bits per heavy atom. The third-order valence-corrected chi connectivity index (χ3v) is 4.63. The van der Waals surface area contributed by atoms with Gasteiger partial charge in [-0.15, -0.1) is 0 Å². The van der Waals surface area contributed by atoms with Crippen molar-refractivity contribution < 1.29 is 28.9 Å². The van der Waals surface area contributed by atoms with E-state index in [0.29, 0.717) is 29.4 Å². The lowest BCUT2D eigenvalue weighted by molar-refractivity contribution is 0.0696. The van der Waals surface area contributed by atoms with Crippen molar-refractivity contribution >= 4 is 18.1 Å². The van der Waals surface area contributed by atoms with Crippen LogP contribution in [0.5, 0.6) is 17.2 Å². The Kier molecular flexibility index (Phi) is 8.40. The lowest BCUT2D eigenvalue weighted by Gasteiger charge is -2.10. The molecule has 0 heterocycles. The van der Waals surface area contributed by atoms with Gasteiger partial charge in [-0.1, -0.05) is 36.9 Å². The zero-order chi connectivity index (χ0) is 24.3. The molecule has 0 saturated carbocycles. The van der Waals surface area contributed by atoms with E-state index >= 15 is 0 Å². The van der Waals surface area contributed by atoms with Crippen LogP contribution in [0.2, 0.25) is 0 Å². The molecule has 0 saturated heterocycles. The van der Waals surface area contributed by atoms with Crippen LogP contribution in [0.1, 0.15) is 31.8 Å². The highest BCUT2D eigenvalue weighted by atomic mass is 16.5. The van der Waals surface area contributed by atoms with E-state index in [2.05, 4.69) is 17.1 Å². The molecule has 3 rings (SSSR count). The molecular formula is C26H24N2O6. The highest BCUT2D eigenvalue weighted by Gasteiger charge is 2.10. The van der Waals surface area contributed by atoms with Crippen LogP contribution in [0.4, 0.5) is 0 Å². The topological polar surface area (TPSA) is 106 Å². The zero-order valence-corrected chi connectivity index (χ0v) is 18.6. The molecule has 8 nitrogen and oxygen atoms in total. The van der Waals surface area contributed by atoms with Gasteiger partial charge in [0.15, 0.2) is 11.5 Å². The molecule has 8 heteroatoms. The average Bonchev–Trinajstić information content (AvgIpc) is 2.86. The van der Waals surface area contributed by atoms with Crippen LogP contribution in [0.25, 0.3) is 0 Å². The van der Waals surface area contributed by atoms with E-state index in [1.807, 2.05) is 6.07 Å². The van der Waals surface area contributed by atoms with Gasteiger partial charge in [-0.3, -0.25) is 4.79 Å². The van der Waals surface area contributed by atoms with Crippen molar-refractivity contribution in [3.63, 3.8) is 0 Å². The minimum atomic E-state index is -0.972. The lowest BCUT2D eigenvalue weighted by atomic mass is 10.1. The summed E-state index contributed by atoms with van der Waals surface area (Å²) in [5, 5.41) is 13.0. The summed E-state index contributed by atoms with van der Waals surface area (Å²) in [4.78, 5) is 23.4. The monoisotopic (exact) mass is 460 g/mol. The Bertz CT molecular complexity index is 1190. The molecule has 0 aliphatic carbocycles. The summed E-state index contributed by atoms with van der Waals surface area (Å²) in [6.07, 6.45) is 3.12. The van der Waals surface area contributed by atoms with E-state index in [-0.39, 0.29) is 12.2 Å². The van der Waals surface area contributed by atoms with Crippen molar-refractivity contribution in [1.82, 2.24) is 5.43 Å². The number of ether oxygens (including phenoxy) is 3. The molecule has 0 fully saturated rings. The molecule has 0 spiro atoms. The molecule has 0 aromatic heterocycles. The number of methoxy groups -OCH3 is 1. The molecule has 1 amide bonds. The largest absolute Gasteiger partial charge is 0.493 e. The van der Waals surface area contributed by atoms with Gasteiger partial charge in [0.2, 0.25) is 0 Å². The number of hydrogen-bond acceptors (Lipinski definition) is 6. The van der Waals surface area contributed by atoms with Gasteiger partial charge < -0.3 is 19.3 Å². The predicted molar refractivity (Wildman–Crippen MR) is 128 cm³/mol. The summed E-state index contributed by atoms with van der Waals surface area (Å²) in [5.74, 6) is 0.178. The number of carboxylic acid groups (broad SMARTS) is 1. The molecule has 0 aliphatic rings. The first-order chi connectivity index (χ1) is 16.5. The number of hydrazone groups is 1. The molecule has 3 aromatic carbocycles. The first kappa shape index (κ1) is 24.1. The van der Waals surface area contributed by atoms with Crippen molar-refractivity contribution in [3.8, 4) is 17.2 Å². The second kappa shape index (κ2) is 11.9. The molecule has 0 aliphatic heterocycles.